The molecule has 0 aliphatic heterocycles. The molecule has 0 saturated carbocycles. The largest absolute Gasteiger partial charge is 0.344 e. The second-order valence-corrected chi connectivity index (χ2v) is 4.59. The molecule has 0 radical (unpaired) electrons. The number of carbonyl (C=O) groups is 2. The van der Waals surface area contributed by atoms with Gasteiger partial charge in [0.2, 0.25) is 11.8 Å². The molecule has 0 heterocycles. The highest BCUT2D eigenvalue weighted by Gasteiger charge is 2.31. The molecule has 4 heteroatoms. The fourth-order valence-corrected chi connectivity index (χ4v) is 1.36. The Bertz CT molecular complexity index is 295. The minimum absolute atomic E-state index is 0.0936. The molecule has 0 saturated heterocycles. The summed E-state index contributed by atoms with van der Waals surface area (Å²) < 4.78 is 0. The average Bonchev–Trinajstić information content (AvgIpc) is 2.16. The van der Waals surface area contributed by atoms with Crippen LogP contribution in [-0.4, -0.2) is 35.8 Å². The predicted octanol–water partition coefficient (Wildman–Crippen LogP) is 1.33. The van der Waals surface area contributed by atoms with E-state index in [-0.39, 0.29) is 11.8 Å². The molecule has 0 spiro atoms. The molecule has 4 nitrogen and oxygen atoms in total. The fraction of sp³-hybridized carbons (Fsp3) is 0.667. The van der Waals surface area contributed by atoms with E-state index in [9.17, 15) is 9.59 Å². The van der Waals surface area contributed by atoms with Gasteiger partial charge in [-0.05, 0) is 27.2 Å². The number of likely N-dealkylation sites (N-methyl/N-ethyl adjacent to an activating group) is 1. The van der Waals surface area contributed by atoms with Crippen molar-refractivity contribution in [3.8, 4) is 0 Å². The van der Waals surface area contributed by atoms with Crippen LogP contribution in [0.5, 0.6) is 0 Å². The minimum atomic E-state index is -0.889. The molecule has 2 amide bonds. The van der Waals surface area contributed by atoms with Gasteiger partial charge in [0.25, 0.3) is 0 Å². The van der Waals surface area contributed by atoms with Gasteiger partial charge in [-0.15, -0.1) is 0 Å². The van der Waals surface area contributed by atoms with Crippen molar-refractivity contribution in [2.24, 2.45) is 0 Å². The summed E-state index contributed by atoms with van der Waals surface area (Å²) in [7, 11) is 1.74. The van der Waals surface area contributed by atoms with Crippen LogP contribution in [0.1, 0.15) is 34.1 Å². The molecule has 0 aromatic rings. The number of amides is 2. The van der Waals surface area contributed by atoms with Crippen LogP contribution in [0, 0.1) is 0 Å². The minimum Gasteiger partial charge on any atom is -0.344 e. The molecule has 0 aromatic heterocycles. The predicted molar refractivity (Wildman–Crippen MR) is 65.0 cm³/mol. The normalized spacial score (nSPS) is 10.8. The summed E-state index contributed by atoms with van der Waals surface area (Å²) in [6, 6.07) is 0. The van der Waals surface area contributed by atoms with E-state index in [0.717, 1.165) is 6.42 Å². The Morgan fingerprint density at radius 3 is 2.25 bits per heavy atom. The van der Waals surface area contributed by atoms with Crippen molar-refractivity contribution in [3.63, 3.8) is 0 Å². The van der Waals surface area contributed by atoms with E-state index < -0.39 is 5.54 Å². The molecule has 0 bridgehead atoms. The maximum atomic E-state index is 12.0. The molecular weight excluding hydrogens is 204 g/mol. The first kappa shape index (κ1) is 14.7. The summed E-state index contributed by atoms with van der Waals surface area (Å²) in [5, 5.41) is 2.67. The van der Waals surface area contributed by atoms with E-state index in [1.165, 1.54) is 0 Å². The maximum Gasteiger partial charge on any atom is 0.247 e. The molecule has 0 unspecified atom stereocenters. The highest BCUT2D eigenvalue weighted by atomic mass is 16.2. The first-order valence-corrected chi connectivity index (χ1v) is 5.46. The highest BCUT2D eigenvalue weighted by molar-refractivity contribution is 5.97. The van der Waals surface area contributed by atoms with Crippen LogP contribution >= 0.6 is 0 Å². The third-order valence-electron chi connectivity index (χ3n) is 2.25. The average molecular weight is 226 g/mol. The van der Waals surface area contributed by atoms with Crippen molar-refractivity contribution >= 4 is 11.8 Å². The van der Waals surface area contributed by atoms with Gasteiger partial charge in [-0.2, -0.15) is 0 Å². The first-order valence-electron chi connectivity index (χ1n) is 5.46. The van der Waals surface area contributed by atoms with Crippen molar-refractivity contribution in [2.75, 3.05) is 13.6 Å². The lowest BCUT2D eigenvalue weighted by atomic mass is 10.0. The molecule has 16 heavy (non-hydrogen) atoms. The van der Waals surface area contributed by atoms with Crippen molar-refractivity contribution in [3.05, 3.63) is 12.2 Å². The maximum absolute atomic E-state index is 12.0. The van der Waals surface area contributed by atoms with Gasteiger partial charge in [-0.1, -0.05) is 13.5 Å². The summed E-state index contributed by atoms with van der Waals surface area (Å²) in [6.07, 6.45) is 0.896. The zero-order chi connectivity index (χ0) is 12.9. The van der Waals surface area contributed by atoms with Gasteiger partial charge < -0.3 is 10.2 Å². The van der Waals surface area contributed by atoms with Crippen LogP contribution in [0.25, 0.3) is 0 Å². The van der Waals surface area contributed by atoms with E-state index >= 15 is 0 Å². The second-order valence-electron chi connectivity index (χ2n) is 4.59. The van der Waals surface area contributed by atoms with Gasteiger partial charge in [-0.3, -0.25) is 9.59 Å². The fourth-order valence-electron chi connectivity index (χ4n) is 1.36. The van der Waals surface area contributed by atoms with E-state index in [4.69, 9.17) is 0 Å². The molecular formula is C12H22N2O2. The summed E-state index contributed by atoms with van der Waals surface area (Å²) in [5.74, 6) is -0.382. The van der Waals surface area contributed by atoms with E-state index in [1.54, 1.807) is 32.7 Å². The lowest BCUT2D eigenvalue weighted by Crippen LogP contribution is -2.55. The molecule has 0 fully saturated rings. The third kappa shape index (κ3) is 4.04. The first-order chi connectivity index (χ1) is 7.22. The Balaban J connectivity index is 4.59. The molecule has 0 aliphatic rings. The van der Waals surface area contributed by atoms with Gasteiger partial charge in [0, 0.05) is 19.2 Å². The van der Waals surface area contributed by atoms with E-state index in [0.29, 0.717) is 12.1 Å². The van der Waals surface area contributed by atoms with Crippen LogP contribution in [-0.2, 0) is 9.59 Å². The molecule has 92 valence electrons. The van der Waals surface area contributed by atoms with Gasteiger partial charge >= 0.3 is 0 Å². The summed E-state index contributed by atoms with van der Waals surface area (Å²) in [6.45, 7) is 11.2. The molecule has 1 N–H and O–H groups in total. The van der Waals surface area contributed by atoms with Crippen molar-refractivity contribution in [1.82, 2.24) is 10.2 Å². The number of carbonyl (C=O) groups excluding carboxylic acids is 2. The van der Waals surface area contributed by atoms with Crippen LogP contribution in [0.4, 0.5) is 0 Å². The Morgan fingerprint density at radius 2 is 1.88 bits per heavy atom. The van der Waals surface area contributed by atoms with Gasteiger partial charge in [0.1, 0.15) is 5.54 Å². The van der Waals surface area contributed by atoms with Crippen molar-refractivity contribution in [1.29, 1.82) is 0 Å². The van der Waals surface area contributed by atoms with Crippen LogP contribution < -0.4 is 5.32 Å². The summed E-state index contributed by atoms with van der Waals surface area (Å²) in [4.78, 5) is 25.1. The summed E-state index contributed by atoms with van der Waals surface area (Å²) >= 11 is 0. The molecule has 0 rings (SSSR count). The van der Waals surface area contributed by atoms with Crippen LogP contribution in [0.3, 0.4) is 0 Å². The molecule has 0 aromatic carbocycles. The third-order valence-corrected chi connectivity index (χ3v) is 2.25. The Labute approximate surface area is 97.7 Å². The zero-order valence-electron chi connectivity index (χ0n) is 10.9. The number of hydrogen-bond donors (Lipinski definition) is 1. The standard InChI is InChI=1S/C12H22N2O2/c1-7-8-14(6)11(16)12(4,5)13-10(15)9(2)3/h2,7-8H2,1,3-6H3,(H,13,15). The van der Waals surface area contributed by atoms with Crippen molar-refractivity contribution < 1.29 is 9.59 Å². The number of nitrogens with one attached hydrogen (secondary N) is 1. The second kappa shape index (κ2) is 5.68. The SMILES string of the molecule is C=C(C)C(=O)NC(C)(C)C(=O)N(C)CCC. The number of nitrogens with zero attached hydrogens (tertiary/aromatic N) is 1. The highest BCUT2D eigenvalue weighted by Crippen LogP contribution is 2.08. The zero-order valence-corrected chi connectivity index (χ0v) is 10.9. The quantitative estimate of drug-likeness (QED) is 0.719. The molecule has 0 aliphatic carbocycles. The van der Waals surface area contributed by atoms with Crippen LogP contribution in [0.2, 0.25) is 0 Å². The topological polar surface area (TPSA) is 49.4 Å². The Morgan fingerprint density at radius 1 is 1.38 bits per heavy atom. The summed E-state index contributed by atoms with van der Waals surface area (Å²) in [5.41, 5.74) is -0.487. The van der Waals surface area contributed by atoms with Gasteiger partial charge in [-0.25, -0.2) is 0 Å². The van der Waals surface area contributed by atoms with E-state index in [1.807, 2.05) is 6.92 Å². The van der Waals surface area contributed by atoms with E-state index in [2.05, 4.69) is 11.9 Å². The Hall–Kier alpha value is -1.32. The van der Waals surface area contributed by atoms with Gasteiger partial charge in [0.15, 0.2) is 0 Å². The molecule has 0 atom stereocenters. The number of hydrogen-bond acceptors (Lipinski definition) is 2. The number of rotatable bonds is 5. The monoisotopic (exact) mass is 226 g/mol. The van der Waals surface area contributed by atoms with Crippen LogP contribution in [0.15, 0.2) is 12.2 Å². The smallest absolute Gasteiger partial charge is 0.247 e. The Kier molecular flexibility index (Phi) is 5.21. The lowest BCUT2D eigenvalue weighted by Gasteiger charge is -2.30. The lowest BCUT2D eigenvalue weighted by molar-refractivity contribution is -0.138. The van der Waals surface area contributed by atoms with Crippen molar-refractivity contribution in [2.45, 2.75) is 39.7 Å². The van der Waals surface area contributed by atoms with Gasteiger partial charge in [0.05, 0.1) is 0 Å².